The second-order valence-electron chi connectivity index (χ2n) is 5.71. The SMILES string of the molecule is C[C@@H]1CCC[C@H](C)N1CCCn1cc(N)ccc1=O. The molecule has 2 rings (SSSR count). The summed E-state index contributed by atoms with van der Waals surface area (Å²) in [5.74, 6) is 0. The predicted molar refractivity (Wildman–Crippen MR) is 79.2 cm³/mol. The van der Waals surface area contributed by atoms with Gasteiger partial charge in [0.2, 0.25) is 0 Å². The van der Waals surface area contributed by atoms with Crippen LogP contribution in [0.25, 0.3) is 0 Å². The second-order valence-corrected chi connectivity index (χ2v) is 5.71. The lowest BCUT2D eigenvalue weighted by atomic mass is 9.97. The van der Waals surface area contributed by atoms with E-state index in [4.69, 9.17) is 5.73 Å². The van der Waals surface area contributed by atoms with Gasteiger partial charge in [-0.2, -0.15) is 0 Å². The maximum absolute atomic E-state index is 11.7. The summed E-state index contributed by atoms with van der Waals surface area (Å²) < 4.78 is 1.72. The topological polar surface area (TPSA) is 51.3 Å². The molecule has 1 saturated heterocycles. The van der Waals surface area contributed by atoms with E-state index < -0.39 is 0 Å². The molecule has 0 bridgehead atoms. The summed E-state index contributed by atoms with van der Waals surface area (Å²) in [6, 6.07) is 4.54. The fraction of sp³-hybridized carbons (Fsp3) is 0.667. The van der Waals surface area contributed by atoms with Crippen molar-refractivity contribution < 1.29 is 0 Å². The highest BCUT2D eigenvalue weighted by Gasteiger charge is 2.23. The van der Waals surface area contributed by atoms with Crippen LogP contribution in [0, 0.1) is 0 Å². The van der Waals surface area contributed by atoms with E-state index in [1.165, 1.54) is 19.3 Å². The largest absolute Gasteiger partial charge is 0.398 e. The maximum Gasteiger partial charge on any atom is 0.250 e. The van der Waals surface area contributed by atoms with E-state index in [1.54, 1.807) is 22.9 Å². The van der Waals surface area contributed by atoms with Gasteiger partial charge in [-0.3, -0.25) is 9.69 Å². The highest BCUT2D eigenvalue weighted by Crippen LogP contribution is 2.22. The number of nitrogens with zero attached hydrogens (tertiary/aromatic N) is 2. The standard InChI is InChI=1S/C15H25N3O/c1-12-5-3-6-13(2)18(12)10-4-9-17-11-14(16)7-8-15(17)19/h7-8,11-13H,3-6,9-10,16H2,1-2H3/t12-,13+. The minimum absolute atomic E-state index is 0.0361. The molecule has 0 unspecified atom stereocenters. The highest BCUT2D eigenvalue weighted by molar-refractivity contribution is 5.33. The van der Waals surface area contributed by atoms with E-state index in [0.29, 0.717) is 17.8 Å². The molecule has 0 radical (unpaired) electrons. The molecular formula is C15H25N3O. The minimum Gasteiger partial charge on any atom is -0.398 e. The first kappa shape index (κ1) is 14.1. The molecule has 2 heterocycles. The van der Waals surface area contributed by atoms with Crippen LogP contribution in [0.1, 0.15) is 39.5 Å². The van der Waals surface area contributed by atoms with Gasteiger partial charge in [0, 0.05) is 43.1 Å². The molecule has 1 fully saturated rings. The molecule has 2 atom stereocenters. The Morgan fingerprint density at radius 2 is 1.89 bits per heavy atom. The summed E-state index contributed by atoms with van der Waals surface area (Å²) in [7, 11) is 0. The lowest BCUT2D eigenvalue weighted by molar-refractivity contribution is 0.100. The number of aryl methyl sites for hydroxylation is 1. The summed E-state index contributed by atoms with van der Waals surface area (Å²) in [5, 5.41) is 0. The van der Waals surface area contributed by atoms with Crippen molar-refractivity contribution in [2.45, 2.75) is 58.2 Å². The molecule has 1 aliphatic heterocycles. The van der Waals surface area contributed by atoms with Crippen molar-refractivity contribution in [3.8, 4) is 0 Å². The quantitative estimate of drug-likeness (QED) is 0.905. The van der Waals surface area contributed by atoms with Crippen molar-refractivity contribution in [3.05, 3.63) is 28.7 Å². The first-order valence-corrected chi connectivity index (χ1v) is 7.29. The van der Waals surface area contributed by atoms with Gasteiger partial charge in [-0.1, -0.05) is 6.42 Å². The Labute approximate surface area is 115 Å². The van der Waals surface area contributed by atoms with E-state index in [0.717, 1.165) is 19.5 Å². The van der Waals surface area contributed by atoms with Gasteiger partial charge in [-0.25, -0.2) is 0 Å². The third-order valence-corrected chi connectivity index (χ3v) is 4.20. The zero-order valence-electron chi connectivity index (χ0n) is 12.0. The van der Waals surface area contributed by atoms with E-state index in [2.05, 4.69) is 18.7 Å². The number of rotatable bonds is 4. The van der Waals surface area contributed by atoms with E-state index in [-0.39, 0.29) is 5.56 Å². The van der Waals surface area contributed by atoms with Crippen molar-refractivity contribution in [1.29, 1.82) is 0 Å². The molecular weight excluding hydrogens is 238 g/mol. The molecule has 0 aliphatic carbocycles. The van der Waals surface area contributed by atoms with Crippen molar-refractivity contribution >= 4 is 5.69 Å². The predicted octanol–water partition coefficient (Wildman–Crippen LogP) is 2.08. The Kier molecular flexibility index (Phi) is 4.64. The summed E-state index contributed by atoms with van der Waals surface area (Å²) in [6.45, 7) is 6.42. The van der Waals surface area contributed by atoms with Crippen LogP contribution in [0.4, 0.5) is 5.69 Å². The number of nitrogens with two attached hydrogens (primary N) is 1. The molecule has 0 amide bonds. The molecule has 4 heteroatoms. The first-order chi connectivity index (χ1) is 9.08. The molecule has 4 nitrogen and oxygen atoms in total. The summed E-state index contributed by atoms with van der Waals surface area (Å²) in [5.41, 5.74) is 6.40. The van der Waals surface area contributed by atoms with Gasteiger partial charge in [-0.05, 0) is 39.2 Å². The number of pyridine rings is 1. The summed E-state index contributed by atoms with van der Waals surface area (Å²) in [6.07, 6.45) is 6.67. The van der Waals surface area contributed by atoms with Crippen molar-refractivity contribution in [2.75, 3.05) is 12.3 Å². The fourth-order valence-corrected chi connectivity index (χ4v) is 3.06. The van der Waals surface area contributed by atoms with Crippen LogP contribution in [-0.4, -0.2) is 28.1 Å². The lowest BCUT2D eigenvalue weighted by Crippen LogP contribution is -2.44. The third kappa shape index (κ3) is 3.60. The maximum atomic E-state index is 11.7. The van der Waals surface area contributed by atoms with Gasteiger partial charge in [0.15, 0.2) is 0 Å². The van der Waals surface area contributed by atoms with Crippen molar-refractivity contribution in [1.82, 2.24) is 9.47 Å². The fourth-order valence-electron chi connectivity index (χ4n) is 3.06. The molecule has 19 heavy (non-hydrogen) atoms. The molecule has 0 aromatic carbocycles. The average Bonchev–Trinajstić information content (AvgIpc) is 2.37. The monoisotopic (exact) mass is 263 g/mol. The molecule has 1 aromatic heterocycles. The van der Waals surface area contributed by atoms with Crippen LogP contribution in [0.2, 0.25) is 0 Å². The van der Waals surface area contributed by atoms with Gasteiger partial charge < -0.3 is 10.3 Å². The molecule has 0 saturated carbocycles. The van der Waals surface area contributed by atoms with Gasteiger partial charge in [0.25, 0.3) is 5.56 Å². The van der Waals surface area contributed by atoms with Crippen molar-refractivity contribution in [3.63, 3.8) is 0 Å². The summed E-state index contributed by atoms with van der Waals surface area (Å²) in [4.78, 5) is 14.2. The highest BCUT2D eigenvalue weighted by atomic mass is 16.1. The average molecular weight is 263 g/mol. The Balaban J connectivity index is 1.89. The smallest absolute Gasteiger partial charge is 0.250 e. The van der Waals surface area contributed by atoms with Crippen molar-refractivity contribution in [2.24, 2.45) is 0 Å². The number of piperidine rings is 1. The van der Waals surface area contributed by atoms with Crippen LogP contribution >= 0.6 is 0 Å². The molecule has 106 valence electrons. The van der Waals surface area contributed by atoms with E-state index >= 15 is 0 Å². The number of aromatic nitrogens is 1. The lowest BCUT2D eigenvalue weighted by Gasteiger charge is -2.39. The zero-order valence-corrected chi connectivity index (χ0v) is 12.0. The number of hydrogen-bond acceptors (Lipinski definition) is 3. The molecule has 1 aliphatic rings. The number of anilines is 1. The van der Waals surface area contributed by atoms with Crippen LogP contribution in [0.5, 0.6) is 0 Å². The third-order valence-electron chi connectivity index (χ3n) is 4.20. The Hall–Kier alpha value is -1.29. The van der Waals surface area contributed by atoms with E-state index in [9.17, 15) is 4.79 Å². The van der Waals surface area contributed by atoms with E-state index in [1.807, 2.05) is 0 Å². The molecule has 0 spiro atoms. The molecule has 2 N–H and O–H groups in total. The first-order valence-electron chi connectivity index (χ1n) is 7.29. The van der Waals surface area contributed by atoms with Crippen LogP contribution in [0.15, 0.2) is 23.1 Å². The van der Waals surface area contributed by atoms with Gasteiger partial charge in [0.1, 0.15) is 0 Å². The second kappa shape index (κ2) is 6.24. The normalized spacial score (nSPS) is 24.5. The number of likely N-dealkylation sites (tertiary alicyclic amines) is 1. The Morgan fingerprint density at radius 3 is 2.58 bits per heavy atom. The zero-order chi connectivity index (χ0) is 13.8. The van der Waals surface area contributed by atoms with Gasteiger partial charge in [0.05, 0.1) is 0 Å². The van der Waals surface area contributed by atoms with Gasteiger partial charge in [-0.15, -0.1) is 0 Å². The number of hydrogen-bond donors (Lipinski definition) is 1. The Morgan fingerprint density at radius 1 is 1.21 bits per heavy atom. The van der Waals surface area contributed by atoms with Crippen LogP contribution < -0.4 is 11.3 Å². The Bertz CT molecular complexity index is 459. The van der Waals surface area contributed by atoms with Gasteiger partial charge >= 0.3 is 0 Å². The molecule has 1 aromatic rings. The number of nitrogen functional groups attached to an aromatic ring is 1. The summed E-state index contributed by atoms with van der Waals surface area (Å²) >= 11 is 0. The van der Waals surface area contributed by atoms with Crippen LogP contribution in [-0.2, 0) is 6.54 Å². The minimum atomic E-state index is 0.0361. The van der Waals surface area contributed by atoms with Crippen LogP contribution in [0.3, 0.4) is 0 Å².